The molecule has 0 saturated heterocycles. The Bertz CT molecular complexity index is 395. The number of rotatable bonds is 8. The van der Waals surface area contributed by atoms with E-state index in [1.165, 1.54) is 30.7 Å². The highest BCUT2D eigenvalue weighted by molar-refractivity contribution is 7.99. The van der Waals surface area contributed by atoms with Gasteiger partial charge in [-0.05, 0) is 24.3 Å². The van der Waals surface area contributed by atoms with Crippen LogP contribution in [-0.4, -0.2) is 58.5 Å². The Balaban J connectivity index is 2.51. The fourth-order valence-electron chi connectivity index (χ4n) is 1.22. The summed E-state index contributed by atoms with van der Waals surface area (Å²) in [5.74, 6) is -0.145. The van der Waals surface area contributed by atoms with Crippen LogP contribution in [0.2, 0.25) is 0 Å². The van der Waals surface area contributed by atoms with Crippen LogP contribution >= 0.6 is 11.8 Å². The number of thioether (sulfide) groups is 1. The molecule has 0 bridgehead atoms. The van der Waals surface area contributed by atoms with E-state index in [1.807, 2.05) is 0 Å². The predicted molar refractivity (Wildman–Crippen MR) is 67.6 cm³/mol. The maximum absolute atomic E-state index is 11.4. The van der Waals surface area contributed by atoms with Crippen molar-refractivity contribution < 1.29 is 19.0 Å². The van der Waals surface area contributed by atoms with Crippen LogP contribution in [0.1, 0.15) is 13.8 Å². The molecule has 19 heavy (non-hydrogen) atoms. The lowest BCUT2D eigenvalue weighted by molar-refractivity contribution is -0.144. The van der Waals surface area contributed by atoms with Crippen molar-refractivity contribution >= 4 is 17.7 Å². The van der Waals surface area contributed by atoms with Crippen LogP contribution in [0, 0.1) is 0 Å². The highest BCUT2D eigenvalue weighted by Gasteiger charge is 2.15. The monoisotopic (exact) mass is 290 g/mol. The normalized spacial score (nSPS) is 11.3. The molecule has 0 aliphatic rings. The Morgan fingerprint density at radius 3 is 2.63 bits per heavy atom. The van der Waals surface area contributed by atoms with Crippen molar-refractivity contribution in [3.05, 3.63) is 0 Å². The summed E-state index contributed by atoms with van der Waals surface area (Å²) in [5, 5.41) is 11.7. The lowest BCUT2D eigenvalue weighted by Gasteiger charge is -2.13. The van der Waals surface area contributed by atoms with Crippen LogP contribution in [0.15, 0.2) is 5.16 Å². The molecule has 1 rings (SSSR count). The molecule has 0 aliphatic heterocycles. The molecular formula is C10H18N4O4S. The minimum Gasteiger partial charge on any atom is -0.462 e. The number of carbonyl (C=O) groups excluding carboxylic acids is 1. The molecule has 0 spiro atoms. The van der Waals surface area contributed by atoms with Crippen molar-refractivity contribution in [1.82, 2.24) is 20.2 Å². The minimum atomic E-state index is -0.439. The zero-order chi connectivity index (χ0) is 14.3. The number of esters is 1. The Morgan fingerprint density at radius 2 is 2.05 bits per heavy atom. The Hall–Kier alpha value is -1.19. The van der Waals surface area contributed by atoms with Gasteiger partial charge in [-0.25, -0.2) is 4.68 Å². The molecule has 0 atom stereocenters. The van der Waals surface area contributed by atoms with Crippen LogP contribution in [-0.2, 0) is 25.5 Å². The minimum absolute atomic E-state index is 0.129. The van der Waals surface area contributed by atoms with Crippen molar-refractivity contribution in [2.45, 2.75) is 37.9 Å². The van der Waals surface area contributed by atoms with Gasteiger partial charge >= 0.3 is 5.97 Å². The van der Waals surface area contributed by atoms with Crippen molar-refractivity contribution in [3.63, 3.8) is 0 Å². The second kappa shape index (κ2) is 8.08. The van der Waals surface area contributed by atoms with Crippen molar-refractivity contribution in [1.29, 1.82) is 0 Å². The van der Waals surface area contributed by atoms with Crippen LogP contribution in [0.3, 0.4) is 0 Å². The Kier molecular flexibility index (Phi) is 6.74. The van der Waals surface area contributed by atoms with Crippen molar-refractivity contribution in [2.75, 3.05) is 20.0 Å². The fourth-order valence-corrected chi connectivity index (χ4v) is 1.89. The summed E-state index contributed by atoms with van der Waals surface area (Å²) in [6, 6.07) is 0. The molecule has 0 aromatic carbocycles. The van der Waals surface area contributed by atoms with Crippen LogP contribution < -0.4 is 0 Å². The summed E-state index contributed by atoms with van der Waals surface area (Å²) in [4.78, 5) is 11.4. The van der Waals surface area contributed by atoms with E-state index < -0.39 is 6.29 Å². The number of hydrogen-bond acceptors (Lipinski definition) is 8. The number of methoxy groups -OCH3 is 2. The van der Waals surface area contributed by atoms with Gasteiger partial charge in [-0.1, -0.05) is 11.8 Å². The number of hydrogen-bond donors (Lipinski definition) is 0. The van der Waals surface area contributed by atoms with Gasteiger partial charge in [-0.2, -0.15) is 0 Å². The van der Waals surface area contributed by atoms with E-state index in [9.17, 15) is 4.79 Å². The van der Waals surface area contributed by atoms with E-state index in [1.54, 1.807) is 13.8 Å². The molecule has 0 N–H and O–H groups in total. The van der Waals surface area contributed by atoms with Crippen LogP contribution in [0.5, 0.6) is 0 Å². The summed E-state index contributed by atoms with van der Waals surface area (Å²) < 4.78 is 16.7. The quantitative estimate of drug-likeness (QED) is 0.384. The third kappa shape index (κ3) is 5.53. The number of carbonyl (C=O) groups is 1. The number of nitrogens with zero attached hydrogens (tertiary/aromatic N) is 4. The largest absolute Gasteiger partial charge is 0.462 e. The van der Waals surface area contributed by atoms with Gasteiger partial charge in [0.05, 0.1) is 18.4 Å². The highest BCUT2D eigenvalue weighted by atomic mass is 32.2. The van der Waals surface area contributed by atoms with Crippen molar-refractivity contribution in [3.8, 4) is 0 Å². The maximum Gasteiger partial charge on any atom is 0.316 e. The average Bonchev–Trinajstić information content (AvgIpc) is 2.79. The standard InChI is InChI=1S/C10H18N4O4S/c1-7(2)18-8(15)6-19-10-11-12-13-14(10)5-9(16-3)17-4/h7,9H,5-6H2,1-4H3. The lowest BCUT2D eigenvalue weighted by atomic mass is 10.5. The molecule has 9 heteroatoms. The summed E-state index contributed by atoms with van der Waals surface area (Å²) in [6.45, 7) is 3.95. The van der Waals surface area contributed by atoms with Gasteiger partial charge in [0.15, 0.2) is 6.29 Å². The second-order valence-corrected chi connectivity index (χ2v) is 4.81. The summed E-state index contributed by atoms with van der Waals surface area (Å²) in [5.41, 5.74) is 0. The lowest BCUT2D eigenvalue weighted by Crippen LogP contribution is -2.22. The summed E-state index contributed by atoms with van der Waals surface area (Å²) >= 11 is 1.21. The van der Waals surface area contributed by atoms with Gasteiger partial charge in [0.2, 0.25) is 5.16 Å². The zero-order valence-corrected chi connectivity index (χ0v) is 12.2. The second-order valence-electron chi connectivity index (χ2n) is 3.87. The van der Waals surface area contributed by atoms with Gasteiger partial charge in [-0.15, -0.1) is 5.10 Å². The van der Waals surface area contributed by atoms with E-state index >= 15 is 0 Å². The summed E-state index contributed by atoms with van der Waals surface area (Å²) in [7, 11) is 3.07. The third-order valence-corrected chi connectivity index (χ3v) is 2.96. The Morgan fingerprint density at radius 1 is 1.37 bits per heavy atom. The average molecular weight is 290 g/mol. The van der Waals surface area contributed by atoms with E-state index in [0.29, 0.717) is 11.7 Å². The van der Waals surface area contributed by atoms with Crippen molar-refractivity contribution in [2.24, 2.45) is 0 Å². The van der Waals surface area contributed by atoms with Gasteiger partial charge < -0.3 is 14.2 Å². The molecule has 1 aromatic rings. The molecule has 0 radical (unpaired) electrons. The van der Waals surface area contributed by atoms with Gasteiger partial charge in [-0.3, -0.25) is 4.79 Å². The first kappa shape index (κ1) is 15.9. The van der Waals surface area contributed by atoms with Gasteiger partial charge in [0, 0.05) is 14.2 Å². The number of tetrazole rings is 1. The smallest absolute Gasteiger partial charge is 0.316 e. The molecule has 0 unspecified atom stereocenters. The van der Waals surface area contributed by atoms with E-state index in [4.69, 9.17) is 14.2 Å². The van der Waals surface area contributed by atoms with Gasteiger partial charge in [0.25, 0.3) is 0 Å². The van der Waals surface area contributed by atoms with E-state index in [0.717, 1.165) is 0 Å². The molecule has 0 saturated carbocycles. The predicted octanol–water partition coefficient (Wildman–Crippen LogP) is 0.336. The van der Waals surface area contributed by atoms with Gasteiger partial charge in [0.1, 0.15) is 0 Å². The van der Waals surface area contributed by atoms with Crippen LogP contribution in [0.25, 0.3) is 0 Å². The summed E-state index contributed by atoms with van der Waals surface area (Å²) in [6.07, 6.45) is -0.569. The molecule has 1 heterocycles. The maximum atomic E-state index is 11.4. The molecule has 0 fully saturated rings. The number of aromatic nitrogens is 4. The number of ether oxygens (including phenoxy) is 3. The first-order chi connectivity index (χ1) is 9.06. The first-order valence-corrected chi connectivity index (χ1v) is 6.69. The Labute approximate surface area is 115 Å². The zero-order valence-electron chi connectivity index (χ0n) is 11.4. The third-order valence-electron chi connectivity index (χ3n) is 2.03. The molecular weight excluding hydrogens is 272 g/mol. The molecule has 8 nitrogen and oxygen atoms in total. The molecule has 1 aromatic heterocycles. The molecule has 0 amide bonds. The topological polar surface area (TPSA) is 88.4 Å². The fraction of sp³-hybridized carbons (Fsp3) is 0.800. The molecule has 0 aliphatic carbocycles. The first-order valence-electron chi connectivity index (χ1n) is 5.70. The molecule has 108 valence electrons. The SMILES string of the molecule is COC(Cn1nnnc1SCC(=O)OC(C)C)OC. The van der Waals surface area contributed by atoms with E-state index in [2.05, 4.69) is 15.5 Å². The van der Waals surface area contributed by atoms with E-state index in [-0.39, 0.29) is 17.8 Å². The van der Waals surface area contributed by atoms with Crippen LogP contribution in [0.4, 0.5) is 0 Å². The highest BCUT2D eigenvalue weighted by Crippen LogP contribution is 2.14.